The Bertz CT molecular complexity index is 1320. The van der Waals surface area contributed by atoms with Crippen LogP contribution in [0.5, 0.6) is 0 Å². The highest BCUT2D eigenvalue weighted by molar-refractivity contribution is 6.31. The van der Waals surface area contributed by atoms with E-state index in [-0.39, 0.29) is 11.5 Å². The minimum absolute atomic E-state index is 0.170. The van der Waals surface area contributed by atoms with Crippen molar-refractivity contribution >= 4 is 34.1 Å². The molecule has 6 nitrogen and oxygen atoms in total. The van der Waals surface area contributed by atoms with Crippen molar-refractivity contribution in [2.45, 2.75) is 19.5 Å². The lowest BCUT2D eigenvalue weighted by atomic mass is 10.0. The maximum Gasteiger partial charge on any atom is 0.287 e. The summed E-state index contributed by atoms with van der Waals surface area (Å²) >= 11 is 6.23. The van der Waals surface area contributed by atoms with Crippen LogP contribution < -0.4 is 15.8 Å². The molecule has 0 bridgehead atoms. The van der Waals surface area contributed by atoms with Crippen molar-refractivity contribution in [1.29, 1.82) is 0 Å². The van der Waals surface area contributed by atoms with Gasteiger partial charge in [-0.3, -0.25) is 9.59 Å². The Morgan fingerprint density at radius 2 is 1.81 bits per heavy atom. The number of quaternary nitrogens is 1. The summed E-state index contributed by atoms with van der Waals surface area (Å²) in [7, 11) is 1.91. The number of fused-ring (bicyclic) bond motifs is 1. The molecule has 0 aliphatic rings. The van der Waals surface area contributed by atoms with Gasteiger partial charge in [0.05, 0.1) is 18.0 Å². The van der Waals surface area contributed by atoms with E-state index >= 15 is 0 Å². The van der Waals surface area contributed by atoms with Crippen molar-refractivity contribution in [3.63, 3.8) is 0 Å². The highest BCUT2D eigenvalue weighted by atomic mass is 35.5. The summed E-state index contributed by atoms with van der Waals surface area (Å²) in [4.78, 5) is 34.1. The first-order valence-corrected chi connectivity index (χ1v) is 10.7. The van der Waals surface area contributed by atoms with E-state index in [4.69, 9.17) is 11.6 Å². The third-order valence-corrected chi connectivity index (χ3v) is 5.84. The summed E-state index contributed by atoms with van der Waals surface area (Å²) in [6.07, 6.45) is 0. The number of anilines is 1. The highest BCUT2D eigenvalue weighted by Crippen LogP contribution is 2.21. The molecule has 2 atom stereocenters. The van der Waals surface area contributed by atoms with Crippen molar-refractivity contribution in [3.05, 3.63) is 105 Å². The average molecular weight is 448 g/mol. The van der Waals surface area contributed by atoms with Crippen LogP contribution in [-0.2, 0) is 11.3 Å². The van der Waals surface area contributed by atoms with Gasteiger partial charge in [0.15, 0.2) is 11.9 Å². The van der Waals surface area contributed by atoms with Gasteiger partial charge in [-0.1, -0.05) is 60.1 Å². The molecule has 1 unspecified atom stereocenters. The highest BCUT2D eigenvalue weighted by Gasteiger charge is 2.30. The molecule has 4 rings (SSSR count). The smallest absolute Gasteiger partial charge is 0.287 e. The van der Waals surface area contributed by atoms with Crippen molar-refractivity contribution < 1.29 is 9.69 Å². The molecule has 32 heavy (non-hydrogen) atoms. The number of hydrogen-bond donors (Lipinski definition) is 3. The predicted octanol–water partition coefficient (Wildman–Crippen LogP) is 3.28. The fraction of sp³-hybridized carbons (Fsp3) is 0.160. The van der Waals surface area contributed by atoms with Gasteiger partial charge in [-0.15, -0.1) is 0 Å². The van der Waals surface area contributed by atoms with Gasteiger partial charge in [0.1, 0.15) is 6.54 Å². The summed E-state index contributed by atoms with van der Waals surface area (Å²) in [5.41, 5.74) is 2.89. The van der Waals surface area contributed by atoms with Gasteiger partial charge in [0.2, 0.25) is 0 Å². The van der Waals surface area contributed by atoms with Gasteiger partial charge in [-0.05, 0) is 36.8 Å². The van der Waals surface area contributed by atoms with Crippen molar-refractivity contribution in [3.8, 4) is 0 Å². The summed E-state index contributed by atoms with van der Waals surface area (Å²) < 4.78 is 0. The zero-order valence-corrected chi connectivity index (χ0v) is 18.6. The number of nitrogens with zero attached hydrogens (tertiary/aromatic N) is 1. The number of carbonyl (C=O) groups is 1. The van der Waals surface area contributed by atoms with E-state index in [0.717, 1.165) is 16.0 Å². The van der Waals surface area contributed by atoms with E-state index in [2.05, 4.69) is 15.3 Å². The summed E-state index contributed by atoms with van der Waals surface area (Å²) in [6, 6.07) is 21.7. The van der Waals surface area contributed by atoms with Crippen LogP contribution in [0.2, 0.25) is 5.02 Å². The molecule has 3 aromatic carbocycles. The average Bonchev–Trinajstić information content (AvgIpc) is 2.77. The van der Waals surface area contributed by atoms with Crippen LogP contribution in [0.4, 0.5) is 5.69 Å². The van der Waals surface area contributed by atoms with Crippen molar-refractivity contribution in [2.24, 2.45) is 0 Å². The number of nitrogens with one attached hydrogen (secondary N) is 3. The Morgan fingerprint density at radius 3 is 2.56 bits per heavy atom. The van der Waals surface area contributed by atoms with Crippen LogP contribution >= 0.6 is 11.6 Å². The molecule has 0 aliphatic carbocycles. The lowest BCUT2D eigenvalue weighted by Crippen LogP contribution is -3.09. The SMILES string of the molecule is Cc1ccc(NC(=O)[C@@H](c2ccccc2)[NH+](C)Cc2nc3ccccc3c(=O)[nH]2)cc1Cl. The lowest BCUT2D eigenvalue weighted by Gasteiger charge is -2.24. The van der Waals surface area contributed by atoms with Crippen LogP contribution in [-0.4, -0.2) is 22.9 Å². The van der Waals surface area contributed by atoms with Gasteiger partial charge in [-0.25, -0.2) is 4.98 Å². The molecule has 1 heterocycles. The second-order valence-electron chi connectivity index (χ2n) is 7.85. The molecule has 0 spiro atoms. The third kappa shape index (κ3) is 4.72. The number of halogens is 1. The molecular formula is C25H24ClN4O2+. The number of H-pyrrole nitrogens is 1. The molecule has 7 heteroatoms. The molecule has 0 aliphatic heterocycles. The van der Waals surface area contributed by atoms with Crippen LogP contribution in [0, 0.1) is 6.92 Å². The second-order valence-corrected chi connectivity index (χ2v) is 8.26. The number of likely N-dealkylation sites (N-methyl/N-ethyl adjacent to an activating group) is 1. The minimum atomic E-state index is -0.520. The van der Waals surface area contributed by atoms with E-state index in [9.17, 15) is 9.59 Å². The van der Waals surface area contributed by atoms with E-state index in [1.807, 2.05) is 74.6 Å². The molecule has 0 radical (unpaired) electrons. The maximum atomic E-state index is 13.4. The number of aryl methyl sites for hydroxylation is 1. The van der Waals surface area contributed by atoms with Gasteiger partial charge in [0.25, 0.3) is 11.5 Å². The Balaban J connectivity index is 1.63. The van der Waals surface area contributed by atoms with E-state index < -0.39 is 6.04 Å². The number of benzene rings is 3. The normalized spacial score (nSPS) is 13.0. The van der Waals surface area contributed by atoms with Crippen molar-refractivity contribution in [2.75, 3.05) is 12.4 Å². The van der Waals surface area contributed by atoms with Gasteiger partial charge in [-0.2, -0.15) is 0 Å². The molecule has 1 aromatic heterocycles. The summed E-state index contributed by atoms with van der Waals surface area (Å²) in [5.74, 6) is 0.357. The molecular weight excluding hydrogens is 424 g/mol. The molecule has 0 saturated heterocycles. The Kier molecular flexibility index (Phi) is 6.35. The first kappa shape index (κ1) is 21.7. The Hall–Kier alpha value is -3.48. The lowest BCUT2D eigenvalue weighted by molar-refractivity contribution is -0.916. The maximum absolute atomic E-state index is 13.4. The van der Waals surface area contributed by atoms with Crippen LogP contribution in [0.3, 0.4) is 0 Å². The zero-order valence-electron chi connectivity index (χ0n) is 17.9. The molecule has 1 amide bonds. The van der Waals surface area contributed by atoms with E-state index in [1.54, 1.807) is 12.1 Å². The Labute approximate surface area is 190 Å². The van der Waals surface area contributed by atoms with Crippen LogP contribution in [0.15, 0.2) is 77.6 Å². The number of amides is 1. The van der Waals surface area contributed by atoms with Gasteiger partial charge in [0, 0.05) is 16.3 Å². The van der Waals surface area contributed by atoms with E-state index in [1.165, 1.54) is 0 Å². The third-order valence-electron chi connectivity index (χ3n) is 5.44. The predicted molar refractivity (Wildman–Crippen MR) is 127 cm³/mol. The van der Waals surface area contributed by atoms with Gasteiger partial charge < -0.3 is 15.2 Å². The Morgan fingerprint density at radius 1 is 1.09 bits per heavy atom. The first-order valence-electron chi connectivity index (χ1n) is 10.3. The monoisotopic (exact) mass is 447 g/mol. The number of carbonyl (C=O) groups excluding carboxylic acids is 1. The van der Waals surface area contributed by atoms with Crippen LogP contribution in [0.25, 0.3) is 10.9 Å². The summed E-state index contributed by atoms with van der Waals surface area (Å²) in [6.45, 7) is 2.28. The topological polar surface area (TPSA) is 79.3 Å². The number of aromatic amines is 1. The second kappa shape index (κ2) is 9.34. The molecule has 0 saturated carbocycles. The molecule has 3 N–H and O–H groups in total. The molecule has 0 fully saturated rings. The fourth-order valence-corrected chi connectivity index (χ4v) is 3.96. The van der Waals surface area contributed by atoms with E-state index in [0.29, 0.717) is 34.0 Å². The fourth-order valence-electron chi connectivity index (χ4n) is 3.77. The number of rotatable bonds is 6. The van der Waals surface area contributed by atoms with Gasteiger partial charge >= 0.3 is 0 Å². The summed E-state index contributed by atoms with van der Waals surface area (Å²) in [5, 5.41) is 4.12. The number of para-hydroxylation sites is 1. The standard InChI is InChI=1S/C25H23ClN4O2/c1-16-12-13-18(14-20(16)26)27-25(32)23(17-8-4-3-5-9-17)30(2)15-22-28-21-11-7-6-10-19(21)24(31)29-22/h3-14,23H,15H2,1-2H3,(H,27,32)(H,28,29,31)/p+1/t23-/m1/s1. The minimum Gasteiger partial charge on any atom is -0.321 e. The quantitative estimate of drug-likeness (QED) is 0.424. The zero-order chi connectivity index (χ0) is 22.7. The number of aromatic nitrogens is 2. The largest absolute Gasteiger partial charge is 0.321 e. The first-order chi connectivity index (χ1) is 15.4. The molecule has 162 valence electrons. The van der Waals surface area contributed by atoms with Crippen molar-refractivity contribution in [1.82, 2.24) is 9.97 Å². The molecule has 4 aromatic rings. The number of hydrogen-bond acceptors (Lipinski definition) is 3. The van der Waals surface area contributed by atoms with Crippen LogP contribution in [0.1, 0.15) is 23.0 Å².